The maximum atomic E-state index is 5.60. The molecular weight excluding hydrogens is 252 g/mol. The smallest absolute Gasteiger partial charge is 0.218 e. The predicted molar refractivity (Wildman–Crippen MR) is 79.6 cm³/mol. The van der Waals surface area contributed by atoms with Crippen LogP contribution in [0.2, 0.25) is 0 Å². The summed E-state index contributed by atoms with van der Waals surface area (Å²) in [5, 5.41) is 0. The zero-order valence-corrected chi connectivity index (χ0v) is 11.9. The summed E-state index contributed by atoms with van der Waals surface area (Å²) in [6, 6.07) is 10.1. The highest BCUT2D eigenvalue weighted by atomic mass is 16.5. The molecule has 0 bridgehead atoms. The summed E-state index contributed by atoms with van der Waals surface area (Å²) in [5.74, 6) is 1.44. The third-order valence-corrected chi connectivity index (χ3v) is 2.99. The number of hydrogen-bond donors (Lipinski definition) is 1. The molecule has 5 heteroatoms. The predicted octanol–water partition coefficient (Wildman–Crippen LogP) is 1.97. The molecule has 0 atom stereocenters. The number of hydrogen-bond acceptors (Lipinski definition) is 5. The molecule has 2 aromatic rings. The molecule has 20 heavy (non-hydrogen) atoms. The fourth-order valence-corrected chi connectivity index (χ4v) is 1.90. The number of nitrogens with zero attached hydrogens (tertiary/aromatic N) is 3. The highest BCUT2D eigenvalue weighted by Gasteiger charge is 2.06. The number of anilines is 1. The second-order valence-electron chi connectivity index (χ2n) is 4.52. The monoisotopic (exact) mass is 272 g/mol. The van der Waals surface area contributed by atoms with Crippen LogP contribution in [0.5, 0.6) is 5.88 Å². The average Bonchev–Trinajstić information content (AvgIpc) is 2.48. The fourth-order valence-electron chi connectivity index (χ4n) is 1.90. The number of ether oxygens (including phenoxy) is 1. The van der Waals surface area contributed by atoms with Crippen LogP contribution in [0.3, 0.4) is 0 Å². The molecule has 0 radical (unpaired) electrons. The van der Waals surface area contributed by atoms with Crippen molar-refractivity contribution in [1.82, 2.24) is 9.97 Å². The van der Waals surface area contributed by atoms with Gasteiger partial charge in [0.1, 0.15) is 12.1 Å². The summed E-state index contributed by atoms with van der Waals surface area (Å²) in [4.78, 5) is 10.4. The van der Waals surface area contributed by atoms with Crippen molar-refractivity contribution in [3.05, 3.63) is 47.8 Å². The van der Waals surface area contributed by atoms with E-state index >= 15 is 0 Å². The zero-order valence-electron chi connectivity index (χ0n) is 11.9. The van der Waals surface area contributed by atoms with E-state index in [4.69, 9.17) is 10.5 Å². The highest BCUT2D eigenvalue weighted by molar-refractivity contribution is 5.41. The Balaban J connectivity index is 2.06. The third-order valence-electron chi connectivity index (χ3n) is 2.99. The molecule has 1 heterocycles. The molecule has 0 fully saturated rings. The van der Waals surface area contributed by atoms with Gasteiger partial charge in [0.25, 0.3) is 0 Å². The molecule has 0 aliphatic rings. The minimum atomic E-state index is 0.569. The summed E-state index contributed by atoms with van der Waals surface area (Å²) in [5.41, 5.74) is 7.94. The van der Waals surface area contributed by atoms with Gasteiger partial charge in [0.15, 0.2) is 0 Å². The lowest BCUT2D eigenvalue weighted by atomic mass is 10.1. The Kier molecular flexibility index (Phi) is 4.90. The van der Waals surface area contributed by atoms with E-state index in [1.165, 1.54) is 11.9 Å². The van der Waals surface area contributed by atoms with Gasteiger partial charge in [-0.15, -0.1) is 0 Å². The first-order valence-electron chi connectivity index (χ1n) is 6.66. The van der Waals surface area contributed by atoms with Gasteiger partial charge in [-0.3, -0.25) is 0 Å². The zero-order chi connectivity index (χ0) is 14.4. The first-order valence-corrected chi connectivity index (χ1v) is 6.66. The topological polar surface area (TPSA) is 64.3 Å². The Hall–Kier alpha value is -2.14. The Morgan fingerprint density at radius 3 is 2.50 bits per heavy atom. The van der Waals surface area contributed by atoms with Crippen LogP contribution < -0.4 is 15.4 Å². The third kappa shape index (κ3) is 3.68. The maximum absolute atomic E-state index is 5.60. The maximum Gasteiger partial charge on any atom is 0.218 e. The molecule has 2 N–H and O–H groups in total. The van der Waals surface area contributed by atoms with Crippen molar-refractivity contribution >= 4 is 5.82 Å². The SMILES string of the molecule is CCOc1cc(N(C)Cc2ccc(CN)cc2)ncn1. The lowest BCUT2D eigenvalue weighted by Gasteiger charge is -2.18. The summed E-state index contributed by atoms with van der Waals surface area (Å²) >= 11 is 0. The molecule has 0 amide bonds. The lowest BCUT2D eigenvalue weighted by Crippen LogP contribution is -2.18. The van der Waals surface area contributed by atoms with Crippen LogP contribution in [-0.2, 0) is 13.1 Å². The van der Waals surface area contributed by atoms with Gasteiger partial charge in [0, 0.05) is 26.2 Å². The normalized spacial score (nSPS) is 10.3. The molecule has 0 spiro atoms. The van der Waals surface area contributed by atoms with Crippen molar-refractivity contribution in [3.8, 4) is 5.88 Å². The number of rotatable bonds is 6. The van der Waals surface area contributed by atoms with Gasteiger partial charge in [-0.1, -0.05) is 24.3 Å². The van der Waals surface area contributed by atoms with Crippen LogP contribution in [0.15, 0.2) is 36.7 Å². The van der Waals surface area contributed by atoms with Gasteiger partial charge in [0.05, 0.1) is 6.61 Å². The van der Waals surface area contributed by atoms with Crippen LogP contribution in [-0.4, -0.2) is 23.6 Å². The summed E-state index contributed by atoms with van der Waals surface area (Å²) in [7, 11) is 1.99. The van der Waals surface area contributed by atoms with E-state index in [0.29, 0.717) is 19.0 Å². The Bertz CT molecular complexity index is 542. The molecular formula is C15H20N4O. The van der Waals surface area contributed by atoms with Crippen molar-refractivity contribution in [1.29, 1.82) is 0 Å². The standard InChI is InChI=1S/C15H20N4O/c1-3-20-15-8-14(17-11-18-15)19(2)10-13-6-4-12(9-16)5-7-13/h4-8,11H,3,9-10,16H2,1-2H3. The molecule has 0 aliphatic heterocycles. The fraction of sp³-hybridized carbons (Fsp3) is 0.333. The van der Waals surface area contributed by atoms with E-state index in [2.05, 4.69) is 39.1 Å². The van der Waals surface area contributed by atoms with E-state index < -0.39 is 0 Å². The van der Waals surface area contributed by atoms with Crippen molar-refractivity contribution in [2.24, 2.45) is 5.73 Å². The van der Waals surface area contributed by atoms with Crippen molar-refractivity contribution in [2.75, 3.05) is 18.6 Å². The molecule has 106 valence electrons. The summed E-state index contributed by atoms with van der Waals surface area (Å²) < 4.78 is 5.39. The van der Waals surface area contributed by atoms with Gasteiger partial charge in [0.2, 0.25) is 5.88 Å². The first-order chi connectivity index (χ1) is 9.72. The quantitative estimate of drug-likeness (QED) is 0.871. The van der Waals surface area contributed by atoms with Gasteiger partial charge in [-0.05, 0) is 18.1 Å². The van der Waals surface area contributed by atoms with Crippen molar-refractivity contribution in [2.45, 2.75) is 20.0 Å². The van der Waals surface area contributed by atoms with E-state index in [0.717, 1.165) is 17.9 Å². The number of aromatic nitrogens is 2. The lowest BCUT2D eigenvalue weighted by molar-refractivity contribution is 0.326. The molecule has 2 rings (SSSR count). The van der Waals surface area contributed by atoms with Crippen LogP contribution in [0.4, 0.5) is 5.82 Å². The molecule has 0 saturated carbocycles. The van der Waals surface area contributed by atoms with E-state index in [9.17, 15) is 0 Å². The van der Waals surface area contributed by atoms with E-state index in [-0.39, 0.29) is 0 Å². The van der Waals surface area contributed by atoms with Crippen LogP contribution in [0, 0.1) is 0 Å². The van der Waals surface area contributed by atoms with Gasteiger partial charge < -0.3 is 15.4 Å². The number of benzene rings is 1. The summed E-state index contributed by atoms with van der Waals surface area (Å²) in [6.45, 7) is 3.87. The minimum Gasteiger partial charge on any atom is -0.478 e. The Morgan fingerprint density at radius 1 is 1.15 bits per heavy atom. The van der Waals surface area contributed by atoms with Crippen molar-refractivity contribution < 1.29 is 4.74 Å². The Morgan fingerprint density at radius 2 is 1.85 bits per heavy atom. The first kappa shape index (κ1) is 14.3. The second kappa shape index (κ2) is 6.86. The van der Waals surface area contributed by atoms with Gasteiger partial charge >= 0.3 is 0 Å². The van der Waals surface area contributed by atoms with E-state index in [1.807, 2.05) is 20.0 Å². The van der Waals surface area contributed by atoms with Crippen molar-refractivity contribution in [3.63, 3.8) is 0 Å². The van der Waals surface area contributed by atoms with Crippen LogP contribution in [0.1, 0.15) is 18.1 Å². The molecule has 5 nitrogen and oxygen atoms in total. The largest absolute Gasteiger partial charge is 0.478 e. The van der Waals surface area contributed by atoms with Crippen LogP contribution in [0.25, 0.3) is 0 Å². The molecule has 0 saturated heterocycles. The molecule has 1 aromatic carbocycles. The van der Waals surface area contributed by atoms with Gasteiger partial charge in [-0.2, -0.15) is 0 Å². The molecule has 0 unspecified atom stereocenters. The second-order valence-corrected chi connectivity index (χ2v) is 4.52. The van der Waals surface area contributed by atoms with Gasteiger partial charge in [-0.25, -0.2) is 9.97 Å². The van der Waals surface area contributed by atoms with Crippen LogP contribution >= 0.6 is 0 Å². The average molecular weight is 272 g/mol. The van der Waals surface area contributed by atoms with E-state index in [1.54, 1.807) is 0 Å². The molecule has 0 aliphatic carbocycles. The summed E-state index contributed by atoms with van der Waals surface area (Å²) in [6.07, 6.45) is 1.52. The molecule has 1 aromatic heterocycles. The Labute approximate surface area is 119 Å². The minimum absolute atomic E-state index is 0.569. The number of nitrogens with two attached hydrogens (primary N) is 1. The highest BCUT2D eigenvalue weighted by Crippen LogP contribution is 2.17.